The maximum absolute atomic E-state index is 11.3. The minimum Gasteiger partial charge on any atom is -0.481 e. The van der Waals surface area contributed by atoms with Crippen molar-refractivity contribution >= 4 is 5.97 Å². The number of carboxylic acids is 1. The fourth-order valence-corrected chi connectivity index (χ4v) is 2.72. The molecular formula is C14H26N2O2. The second kappa shape index (κ2) is 5.57. The van der Waals surface area contributed by atoms with Gasteiger partial charge in [0.15, 0.2) is 0 Å². The van der Waals surface area contributed by atoms with Crippen LogP contribution in [-0.2, 0) is 4.79 Å². The lowest BCUT2D eigenvalue weighted by Gasteiger charge is -2.31. The predicted octanol–water partition coefficient (Wildman–Crippen LogP) is 1.56. The Labute approximate surface area is 110 Å². The van der Waals surface area contributed by atoms with Crippen molar-refractivity contribution in [2.24, 2.45) is 11.3 Å². The molecule has 4 nitrogen and oxygen atoms in total. The second-order valence-corrected chi connectivity index (χ2v) is 6.62. The van der Waals surface area contributed by atoms with Crippen molar-refractivity contribution in [2.75, 3.05) is 26.2 Å². The molecule has 0 aromatic rings. The molecule has 0 radical (unpaired) electrons. The van der Waals surface area contributed by atoms with Gasteiger partial charge in [-0.2, -0.15) is 0 Å². The molecule has 104 valence electrons. The van der Waals surface area contributed by atoms with E-state index in [0.717, 1.165) is 25.6 Å². The number of carboxylic acid groups (broad SMARTS) is 1. The quantitative estimate of drug-likeness (QED) is 0.724. The van der Waals surface area contributed by atoms with Crippen LogP contribution in [0.4, 0.5) is 0 Å². The summed E-state index contributed by atoms with van der Waals surface area (Å²) in [6.07, 6.45) is 5.13. The summed E-state index contributed by atoms with van der Waals surface area (Å²) in [4.78, 5) is 13.6. The minimum absolute atomic E-state index is 0.563. The van der Waals surface area contributed by atoms with Crippen LogP contribution in [0.1, 0.15) is 39.5 Å². The molecule has 1 heterocycles. The van der Waals surface area contributed by atoms with Crippen LogP contribution < -0.4 is 5.32 Å². The van der Waals surface area contributed by atoms with Crippen molar-refractivity contribution in [3.05, 3.63) is 0 Å². The number of hydrogen-bond donors (Lipinski definition) is 2. The third-order valence-corrected chi connectivity index (χ3v) is 4.05. The number of rotatable bonds is 7. The molecule has 1 saturated carbocycles. The van der Waals surface area contributed by atoms with Gasteiger partial charge in [0.05, 0.1) is 5.41 Å². The number of hydrogen-bond acceptors (Lipinski definition) is 3. The van der Waals surface area contributed by atoms with E-state index in [1.54, 1.807) is 0 Å². The van der Waals surface area contributed by atoms with E-state index in [1.165, 1.54) is 25.7 Å². The molecule has 18 heavy (non-hydrogen) atoms. The summed E-state index contributed by atoms with van der Waals surface area (Å²) >= 11 is 0. The van der Waals surface area contributed by atoms with Crippen LogP contribution in [0.2, 0.25) is 0 Å². The molecule has 0 aromatic heterocycles. The van der Waals surface area contributed by atoms with E-state index < -0.39 is 11.4 Å². The first kappa shape index (κ1) is 13.8. The zero-order valence-electron chi connectivity index (χ0n) is 11.6. The smallest absolute Gasteiger partial charge is 0.310 e. The van der Waals surface area contributed by atoms with Crippen molar-refractivity contribution < 1.29 is 9.90 Å². The van der Waals surface area contributed by atoms with Gasteiger partial charge in [0.2, 0.25) is 0 Å². The Morgan fingerprint density at radius 2 is 2.06 bits per heavy atom. The molecule has 1 aliphatic heterocycles. The predicted molar refractivity (Wildman–Crippen MR) is 71.6 cm³/mol. The third kappa shape index (κ3) is 3.95. The summed E-state index contributed by atoms with van der Waals surface area (Å²) in [7, 11) is 0. The highest BCUT2D eigenvalue weighted by atomic mass is 16.4. The Kier molecular flexibility index (Phi) is 4.28. The van der Waals surface area contributed by atoms with Crippen molar-refractivity contribution in [1.82, 2.24) is 10.2 Å². The van der Waals surface area contributed by atoms with Crippen LogP contribution in [0.25, 0.3) is 0 Å². The number of aliphatic carboxylic acids is 1. The van der Waals surface area contributed by atoms with E-state index in [-0.39, 0.29) is 0 Å². The summed E-state index contributed by atoms with van der Waals surface area (Å²) < 4.78 is 0. The molecule has 2 N–H and O–H groups in total. The average molecular weight is 254 g/mol. The van der Waals surface area contributed by atoms with Gasteiger partial charge in [-0.3, -0.25) is 4.79 Å². The Bertz CT molecular complexity index is 294. The minimum atomic E-state index is -0.692. The zero-order valence-corrected chi connectivity index (χ0v) is 11.6. The number of nitrogens with one attached hydrogen (secondary N) is 1. The summed E-state index contributed by atoms with van der Waals surface area (Å²) in [5.74, 6) is 0.124. The molecule has 1 atom stereocenters. The van der Waals surface area contributed by atoms with Gasteiger partial charge in [-0.05, 0) is 52.0 Å². The van der Waals surface area contributed by atoms with Crippen LogP contribution in [0.15, 0.2) is 0 Å². The Morgan fingerprint density at radius 3 is 2.56 bits per heavy atom. The lowest BCUT2D eigenvalue weighted by molar-refractivity contribution is -0.148. The van der Waals surface area contributed by atoms with Crippen LogP contribution in [0.5, 0.6) is 0 Å². The first-order chi connectivity index (χ1) is 8.47. The first-order valence-corrected chi connectivity index (χ1v) is 7.16. The monoisotopic (exact) mass is 254 g/mol. The molecule has 0 amide bonds. The maximum atomic E-state index is 11.3. The first-order valence-electron chi connectivity index (χ1n) is 7.16. The standard InChI is InChI=1S/C14H26N2O2/c1-14(2,13(17)18)10-16(8-11-5-6-11)9-12-4-3-7-15-12/h11-12,15H,3-10H2,1-2H3,(H,17,18). The summed E-state index contributed by atoms with van der Waals surface area (Å²) in [6, 6.07) is 0.563. The van der Waals surface area contributed by atoms with Crippen LogP contribution in [-0.4, -0.2) is 48.2 Å². The SMILES string of the molecule is CC(C)(CN(CC1CC1)CC1CCCN1)C(=O)O. The zero-order chi connectivity index (χ0) is 13.2. The molecular weight excluding hydrogens is 228 g/mol. The fourth-order valence-electron chi connectivity index (χ4n) is 2.72. The van der Waals surface area contributed by atoms with E-state index >= 15 is 0 Å². The maximum Gasteiger partial charge on any atom is 0.310 e. The highest BCUT2D eigenvalue weighted by molar-refractivity contribution is 5.73. The highest BCUT2D eigenvalue weighted by Crippen LogP contribution is 2.31. The van der Waals surface area contributed by atoms with Crippen LogP contribution in [0.3, 0.4) is 0 Å². The van der Waals surface area contributed by atoms with Gasteiger partial charge in [0.25, 0.3) is 0 Å². The molecule has 1 unspecified atom stereocenters. The molecule has 0 spiro atoms. The molecule has 2 fully saturated rings. The lowest BCUT2D eigenvalue weighted by Crippen LogP contribution is -2.45. The van der Waals surface area contributed by atoms with E-state index in [1.807, 2.05) is 13.8 Å². The Hall–Kier alpha value is -0.610. The van der Waals surface area contributed by atoms with Crippen molar-refractivity contribution in [2.45, 2.75) is 45.6 Å². The third-order valence-electron chi connectivity index (χ3n) is 4.05. The molecule has 0 aromatic carbocycles. The molecule has 1 saturated heterocycles. The van der Waals surface area contributed by atoms with Gasteiger partial charge in [-0.15, -0.1) is 0 Å². The Morgan fingerprint density at radius 1 is 1.33 bits per heavy atom. The van der Waals surface area contributed by atoms with Gasteiger partial charge >= 0.3 is 5.97 Å². The van der Waals surface area contributed by atoms with Crippen molar-refractivity contribution in [1.29, 1.82) is 0 Å². The van der Waals surface area contributed by atoms with Gasteiger partial charge in [0, 0.05) is 25.7 Å². The van der Waals surface area contributed by atoms with E-state index in [4.69, 9.17) is 0 Å². The van der Waals surface area contributed by atoms with Crippen molar-refractivity contribution in [3.63, 3.8) is 0 Å². The summed E-state index contributed by atoms with van der Waals surface area (Å²) in [6.45, 7) is 7.53. The topological polar surface area (TPSA) is 52.6 Å². The Balaban J connectivity index is 1.88. The van der Waals surface area contributed by atoms with E-state index in [0.29, 0.717) is 12.6 Å². The summed E-state index contributed by atoms with van der Waals surface area (Å²) in [5.41, 5.74) is -0.645. The molecule has 2 rings (SSSR count). The molecule has 0 bridgehead atoms. The number of nitrogens with zero attached hydrogens (tertiary/aromatic N) is 1. The van der Waals surface area contributed by atoms with Gasteiger partial charge in [-0.1, -0.05) is 0 Å². The van der Waals surface area contributed by atoms with Crippen LogP contribution >= 0.6 is 0 Å². The highest BCUT2D eigenvalue weighted by Gasteiger charge is 2.33. The van der Waals surface area contributed by atoms with Gasteiger partial charge in [-0.25, -0.2) is 0 Å². The number of carbonyl (C=O) groups is 1. The van der Waals surface area contributed by atoms with Crippen LogP contribution in [0, 0.1) is 11.3 Å². The molecule has 4 heteroatoms. The summed E-state index contributed by atoms with van der Waals surface area (Å²) in [5, 5.41) is 12.8. The lowest BCUT2D eigenvalue weighted by atomic mass is 9.92. The average Bonchev–Trinajstić information content (AvgIpc) is 2.92. The normalized spacial score (nSPS) is 24.7. The second-order valence-electron chi connectivity index (χ2n) is 6.62. The van der Waals surface area contributed by atoms with E-state index in [2.05, 4.69) is 10.2 Å². The molecule has 2 aliphatic rings. The van der Waals surface area contributed by atoms with Crippen molar-refractivity contribution in [3.8, 4) is 0 Å². The van der Waals surface area contributed by atoms with Gasteiger partial charge in [0.1, 0.15) is 0 Å². The fraction of sp³-hybridized carbons (Fsp3) is 0.929. The molecule has 1 aliphatic carbocycles. The van der Waals surface area contributed by atoms with E-state index in [9.17, 15) is 9.90 Å². The van der Waals surface area contributed by atoms with Gasteiger partial charge < -0.3 is 15.3 Å². The largest absolute Gasteiger partial charge is 0.481 e.